The van der Waals surface area contributed by atoms with E-state index in [2.05, 4.69) is 163 Å². The van der Waals surface area contributed by atoms with Crippen molar-refractivity contribution >= 4 is 59.5 Å². The maximum Gasteiger partial charge on any atom is 0.196 e. The number of ether oxygens (including phenoxy) is 1. The molecule has 1 N–H and O–H groups in total. The Morgan fingerprint density at radius 3 is 1.64 bits per heavy atom. The van der Waals surface area contributed by atoms with E-state index in [1.165, 1.54) is 70.7 Å². The number of anilines is 1. The summed E-state index contributed by atoms with van der Waals surface area (Å²) in [5.74, 6) is 0.920. The van der Waals surface area contributed by atoms with Gasteiger partial charge in [0, 0.05) is 10.9 Å². The van der Waals surface area contributed by atoms with Gasteiger partial charge in [0.25, 0.3) is 0 Å². The van der Waals surface area contributed by atoms with E-state index in [1.807, 2.05) is 6.07 Å². The predicted octanol–water partition coefficient (Wildman–Crippen LogP) is 12.3. The molecule has 0 radical (unpaired) electrons. The summed E-state index contributed by atoms with van der Waals surface area (Å²) in [5.41, 5.74) is 6.95. The molecular weight excluding hydrogens is 571 g/mol. The molecule has 0 saturated carbocycles. The van der Waals surface area contributed by atoms with Crippen LogP contribution >= 0.6 is 0 Å². The van der Waals surface area contributed by atoms with Crippen LogP contribution < -0.4 is 10.1 Å². The van der Waals surface area contributed by atoms with Crippen LogP contribution in [0.5, 0.6) is 5.75 Å². The van der Waals surface area contributed by atoms with E-state index in [0.29, 0.717) is 0 Å². The van der Waals surface area contributed by atoms with Crippen molar-refractivity contribution in [1.29, 1.82) is 0 Å². The van der Waals surface area contributed by atoms with Crippen molar-refractivity contribution < 1.29 is 4.74 Å². The maximum absolute atomic E-state index is 6.62. The molecule has 9 aromatic rings. The minimum atomic E-state index is -0.205. The van der Waals surface area contributed by atoms with Crippen molar-refractivity contribution in [3.05, 3.63) is 169 Å². The summed E-state index contributed by atoms with van der Waals surface area (Å²) >= 11 is 0. The zero-order valence-electron chi connectivity index (χ0n) is 25.6. The van der Waals surface area contributed by atoms with Gasteiger partial charge in [-0.15, -0.1) is 0 Å². The Labute approximate surface area is 272 Å². The van der Waals surface area contributed by atoms with Crippen LogP contribution in [-0.4, -0.2) is 0 Å². The Morgan fingerprint density at radius 1 is 0.383 bits per heavy atom. The first kappa shape index (κ1) is 26.1. The van der Waals surface area contributed by atoms with Crippen molar-refractivity contribution in [2.75, 3.05) is 5.32 Å². The molecule has 0 bridgehead atoms. The summed E-state index contributed by atoms with van der Waals surface area (Å²) in [6.07, 6.45) is -0.205. The van der Waals surface area contributed by atoms with E-state index in [0.717, 1.165) is 22.4 Å². The molecule has 0 fully saturated rings. The maximum atomic E-state index is 6.62. The van der Waals surface area contributed by atoms with Gasteiger partial charge in [-0.1, -0.05) is 140 Å². The Morgan fingerprint density at radius 2 is 0.915 bits per heavy atom. The third-order valence-electron chi connectivity index (χ3n) is 9.85. The Balaban J connectivity index is 1.10. The van der Waals surface area contributed by atoms with Crippen LogP contribution in [-0.2, 0) is 0 Å². The summed E-state index contributed by atoms with van der Waals surface area (Å²) < 4.78 is 6.62. The number of fused-ring (bicyclic) bond motifs is 11. The molecule has 47 heavy (non-hydrogen) atoms. The molecular formula is C45H29NO. The smallest absolute Gasteiger partial charge is 0.196 e. The molecule has 1 atom stereocenters. The minimum absolute atomic E-state index is 0.205. The van der Waals surface area contributed by atoms with Gasteiger partial charge in [0.05, 0.1) is 5.69 Å². The molecule has 10 rings (SSSR count). The molecule has 1 aliphatic heterocycles. The van der Waals surface area contributed by atoms with Crippen molar-refractivity contribution in [1.82, 2.24) is 0 Å². The van der Waals surface area contributed by atoms with Crippen molar-refractivity contribution in [3.8, 4) is 28.0 Å². The normalized spacial score (nSPS) is 14.1. The predicted molar refractivity (Wildman–Crippen MR) is 198 cm³/mol. The van der Waals surface area contributed by atoms with Crippen LogP contribution in [0.15, 0.2) is 164 Å². The average molecular weight is 600 g/mol. The number of benzene rings is 9. The minimum Gasteiger partial charge on any atom is -0.464 e. The first-order valence-electron chi connectivity index (χ1n) is 16.2. The van der Waals surface area contributed by atoms with Gasteiger partial charge in [0.15, 0.2) is 12.0 Å². The molecule has 0 aromatic heterocycles. The van der Waals surface area contributed by atoms with Crippen molar-refractivity contribution in [2.45, 2.75) is 6.23 Å². The Bertz CT molecular complexity index is 2660. The van der Waals surface area contributed by atoms with Gasteiger partial charge in [-0.2, -0.15) is 0 Å². The van der Waals surface area contributed by atoms with Crippen LogP contribution in [0.1, 0.15) is 11.8 Å². The molecule has 0 saturated heterocycles. The van der Waals surface area contributed by atoms with Gasteiger partial charge in [0.1, 0.15) is 0 Å². The third-order valence-corrected chi connectivity index (χ3v) is 9.85. The van der Waals surface area contributed by atoms with Gasteiger partial charge in [-0.25, -0.2) is 0 Å². The van der Waals surface area contributed by atoms with Crippen molar-refractivity contribution in [3.63, 3.8) is 0 Å². The zero-order valence-corrected chi connectivity index (χ0v) is 25.6. The molecule has 220 valence electrons. The fourth-order valence-corrected chi connectivity index (χ4v) is 7.56. The molecule has 2 nitrogen and oxygen atoms in total. The summed E-state index contributed by atoms with van der Waals surface area (Å²) in [4.78, 5) is 0. The molecule has 1 aliphatic rings. The standard InChI is InChI=1S/C45H29NO/c1-2-9-30(10-3-1)45-46-42-24-22-29-19-17-28-18-20-33(26-40(28)43(29)44(42)47-45)31-11-8-12-32(25-31)34-21-23-39-37-15-5-4-13-35(37)36-14-6-7-16-38(36)41(39)27-34/h1-27,45-46H. The lowest BCUT2D eigenvalue weighted by Crippen LogP contribution is -2.09. The monoisotopic (exact) mass is 599 g/mol. The molecule has 0 aliphatic carbocycles. The Hall–Kier alpha value is -6.12. The van der Waals surface area contributed by atoms with E-state index in [9.17, 15) is 0 Å². The largest absolute Gasteiger partial charge is 0.464 e. The lowest BCUT2D eigenvalue weighted by molar-refractivity contribution is 0.263. The first-order valence-corrected chi connectivity index (χ1v) is 16.2. The zero-order chi connectivity index (χ0) is 30.9. The fraction of sp³-hybridized carbons (Fsp3) is 0.0222. The third kappa shape index (κ3) is 4.12. The first-order chi connectivity index (χ1) is 23.3. The Kier molecular flexibility index (Phi) is 5.67. The molecule has 9 aromatic carbocycles. The van der Waals surface area contributed by atoms with Gasteiger partial charge >= 0.3 is 0 Å². The highest BCUT2D eigenvalue weighted by Gasteiger charge is 2.26. The highest BCUT2D eigenvalue weighted by molar-refractivity contribution is 6.25. The highest BCUT2D eigenvalue weighted by atomic mass is 16.5. The summed E-state index contributed by atoms with van der Waals surface area (Å²) in [6, 6.07) is 59.3. The van der Waals surface area contributed by atoms with E-state index in [1.54, 1.807) is 0 Å². The molecule has 2 heteroatoms. The lowest BCUT2D eigenvalue weighted by atomic mass is 9.91. The van der Waals surface area contributed by atoms with Gasteiger partial charge < -0.3 is 10.1 Å². The van der Waals surface area contributed by atoms with Gasteiger partial charge in [-0.05, 0) is 95.0 Å². The molecule has 1 unspecified atom stereocenters. The molecule has 1 heterocycles. The molecule has 0 amide bonds. The van der Waals surface area contributed by atoms with Crippen LogP contribution in [0.25, 0.3) is 76.1 Å². The van der Waals surface area contributed by atoms with E-state index >= 15 is 0 Å². The lowest BCUT2D eigenvalue weighted by Gasteiger charge is -2.13. The van der Waals surface area contributed by atoms with Crippen LogP contribution in [0.2, 0.25) is 0 Å². The fourth-order valence-electron chi connectivity index (χ4n) is 7.56. The highest BCUT2D eigenvalue weighted by Crippen LogP contribution is 2.46. The van der Waals surface area contributed by atoms with E-state index in [4.69, 9.17) is 4.74 Å². The van der Waals surface area contributed by atoms with Crippen LogP contribution in [0.4, 0.5) is 5.69 Å². The number of hydrogen-bond donors (Lipinski definition) is 1. The van der Waals surface area contributed by atoms with E-state index in [-0.39, 0.29) is 6.23 Å². The van der Waals surface area contributed by atoms with Crippen LogP contribution in [0.3, 0.4) is 0 Å². The second kappa shape index (κ2) is 10.2. The summed E-state index contributed by atoms with van der Waals surface area (Å²) in [7, 11) is 0. The van der Waals surface area contributed by atoms with Crippen LogP contribution in [0, 0.1) is 0 Å². The molecule has 0 spiro atoms. The second-order valence-corrected chi connectivity index (χ2v) is 12.5. The number of rotatable bonds is 3. The summed E-state index contributed by atoms with van der Waals surface area (Å²) in [6.45, 7) is 0. The number of hydrogen-bond acceptors (Lipinski definition) is 2. The second-order valence-electron chi connectivity index (χ2n) is 12.5. The quantitative estimate of drug-likeness (QED) is 0.204. The average Bonchev–Trinajstić information content (AvgIpc) is 3.60. The van der Waals surface area contributed by atoms with Crippen molar-refractivity contribution in [2.24, 2.45) is 0 Å². The SMILES string of the molecule is c1ccc(C2Nc3ccc4ccc5ccc(-c6cccc(-c7ccc8c9ccccc9c9ccccc9c8c7)c6)cc5c4c3O2)cc1. The summed E-state index contributed by atoms with van der Waals surface area (Å²) in [5, 5.41) is 16.1. The van der Waals surface area contributed by atoms with Gasteiger partial charge in [0.2, 0.25) is 0 Å². The topological polar surface area (TPSA) is 21.3 Å². The van der Waals surface area contributed by atoms with E-state index < -0.39 is 0 Å². The number of nitrogens with one attached hydrogen (secondary N) is 1. The van der Waals surface area contributed by atoms with Gasteiger partial charge in [-0.3, -0.25) is 0 Å².